The summed E-state index contributed by atoms with van der Waals surface area (Å²) in [5.41, 5.74) is 5.79. The molecule has 0 heterocycles. The van der Waals surface area contributed by atoms with Crippen LogP contribution >= 0.6 is 0 Å². The summed E-state index contributed by atoms with van der Waals surface area (Å²) in [5, 5.41) is 0. The standard InChI is InChI=1S/C9H20.6C8H18.2C7H12.2C7H14/c1-7-9(5,6)8(2,3)4;2*1-7(2,3)8(4,5)6;2*1-6-7(2)8(3,4)5;1-6-8(4,5)7(2)3;1-6(2)8(5)7(3)4;1-7(4-5-7)6-2-3-6;1-5-4-7(5)6-2-3-6;1-6-4-7(2,3)5-6;1-5-4-6(2)7(5)3/h7H2,1-6H3;2*1-6H3;3*7H,6H2,1-5H3;6-8H,1-5H3;6H,2-5H2,1H3;5-7H,2-4H2,1H3;6H,4-5H2,1-3H3;5-7H,4H2,1-3H3/t;;;7-;;;;;5-,7?;;/m...1....0../s1. The highest BCUT2D eigenvalue weighted by atomic mass is 14.5. The van der Waals surface area contributed by atoms with E-state index in [9.17, 15) is 0 Å². The van der Waals surface area contributed by atoms with Gasteiger partial charge in [-0.05, 0) is 207 Å². The second kappa shape index (κ2) is 38.9. The molecule has 85 heavy (non-hydrogen) atoms. The van der Waals surface area contributed by atoms with Gasteiger partial charge in [0.15, 0.2) is 0 Å². The van der Waals surface area contributed by atoms with Crippen LogP contribution < -0.4 is 0 Å². The van der Waals surface area contributed by atoms with Crippen LogP contribution in [-0.2, 0) is 0 Å². The van der Waals surface area contributed by atoms with E-state index in [1.807, 2.05) is 0 Å². The third-order valence-corrected chi connectivity index (χ3v) is 25.5. The van der Waals surface area contributed by atoms with Crippen LogP contribution in [-0.4, -0.2) is 0 Å². The summed E-state index contributed by atoms with van der Waals surface area (Å²) in [6.45, 7) is 106. The van der Waals surface area contributed by atoms with E-state index < -0.39 is 0 Å². The van der Waals surface area contributed by atoms with Gasteiger partial charge >= 0.3 is 0 Å². The van der Waals surface area contributed by atoms with Gasteiger partial charge in [0.25, 0.3) is 0 Å². The first-order chi connectivity index (χ1) is 37.3. The lowest BCUT2D eigenvalue weighted by molar-refractivity contribution is 0.111. The maximum atomic E-state index is 2.44. The first kappa shape index (κ1) is 93.7. The molecule has 520 valence electrons. The summed E-state index contributed by atoms with van der Waals surface area (Å²) in [6.07, 6.45) is 20.2. The zero-order chi connectivity index (χ0) is 69.5. The van der Waals surface area contributed by atoms with Crippen molar-refractivity contribution < 1.29 is 0 Å². The molecular formula is C85H180. The zero-order valence-electron chi connectivity index (χ0n) is 69.5. The highest BCUT2D eigenvalue weighted by molar-refractivity contribution is 5.00. The minimum Gasteiger partial charge on any atom is -0.0651 e. The lowest BCUT2D eigenvalue weighted by Gasteiger charge is -2.40. The lowest BCUT2D eigenvalue weighted by Crippen LogP contribution is -2.29. The Kier molecular flexibility index (Phi) is 42.9. The van der Waals surface area contributed by atoms with E-state index >= 15 is 0 Å². The molecule has 0 saturated heterocycles. The Morgan fingerprint density at radius 3 is 0.729 bits per heavy atom. The molecule has 6 saturated carbocycles. The Labute approximate surface area is 547 Å². The summed E-state index contributed by atoms with van der Waals surface area (Å²) >= 11 is 0. The monoisotopic (exact) mass is 1200 g/mol. The number of rotatable bonds is 9. The van der Waals surface area contributed by atoms with Crippen LogP contribution in [0.2, 0.25) is 0 Å². The average Bonchev–Trinajstić information content (AvgIpc) is 4.09. The Hall–Kier alpha value is 0. The summed E-state index contributed by atoms with van der Waals surface area (Å²) in [5.74, 6) is 13.7. The van der Waals surface area contributed by atoms with E-state index in [-0.39, 0.29) is 0 Å². The van der Waals surface area contributed by atoms with Crippen molar-refractivity contribution in [2.45, 2.75) is 408 Å². The predicted molar refractivity (Wildman–Crippen MR) is 401 cm³/mol. The van der Waals surface area contributed by atoms with Crippen LogP contribution in [0.3, 0.4) is 0 Å². The SMILES string of the molecule is CC(C)(C)C(C)(C)C.CC(C)(C)C(C)(C)C.CC(C)C(C)C(C)C.CC1(C2CC2)CC1.CC1CC(C)(C)C1.CC1CC(C)C1C.CCC(C)(C)C(C)(C)C.CCC(C)(C)C(C)C.CCC(C)C(C)(C)C.CC[C@@H](C)C(C)(C)C.C[C@H]1CC1C1CC1. The molecule has 0 heteroatoms. The predicted octanol–water partition coefficient (Wildman–Crippen LogP) is 30.8. The maximum absolute atomic E-state index is 2.44. The van der Waals surface area contributed by atoms with Gasteiger partial charge in [0, 0.05) is 0 Å². The van der Waals surface area contributed by atoms with E-state index in [1.54, 1.807) is 19.3 Å². The summed E-state index contributed by atoms with van der Waals surface area (Å²) < 4.78 is 0. The molecule has 0 radical (unpaired) electrons. The van der Waals surface area contributed by atoms with Crippen molar-refractivity contribution in [2.24, 2.45) is 142 Å². The molecule has 6 aliphatic carbocycles. The molecule has 6 fully saturated rings. The lowest BCUT2D eigenvalue weighted by atomic mass is 9.65. The minimum absolute atomic E-state index is 0.437. The molecule has 0 N–H and O–H groups in total. The molecule has 0 aromatic rings. The third-order valence-electron chi connectivity index (χ3n) is 25.5. The van der Waals surface area contributed by atoms with Crippen molar-refractivity contribution in [1.82, 2.24) is 0 Å². The van der Waals surface area contributed by atoms with Crippen molar-refractivity contribution >= 4 is 0 Å². The van der Waals surface area contributed by atoms with E-state index in [4.69, 9.17) is 0 Å². The van der Waals surface area contributed by atoms with Crippen molar-refractivity contribution in [3.8, 4) is 0 Å². The Balaban J connectivity index is -0.000000276. The van der Waals surface area contributed by atoms with Crippen molar-refractivity contribution in [3.63, 3.8) is 0 Å². The number of hydrogen-bond donors (Lipinski definition) is 0. The van der Waals surface area contributed by atoms with E-state index in [1.165, 1.54) is 82.5 Å². The molecule has 4 unspecified atom stereocenters. The molecule has 0 amide bonds. The first-order valence-electron chi connectivity index (χ1n) is 37.3. The van der Waals surface area contributed by atoms with Gasteiger partial charge in [-0.3, -0.25) is 0 Å². The van der Waals surface area contributed by atoms with Gasteiger partial charge in [-0.25, -0.2) is 0 Å². The maximum Gasteiger partial charge on any atom is -0.0297 e. The topological polar surface area (TPSA) is 0 Å². The van der Waals surface area contributed by atoms with Gasteiger partial charge in [0.05, 0.1) is 0 Å². The van der Waals surface area contributed by atoms with Gasteiger partial charge in [0.2, 0.25) is 0 Å². The molecule has 0 bridgehead atoms. The first-order valence-corrected chi connectivity index (χ1v) is 37.3. The van der Waals surface area contributed by atoms with Crippen LogP contribution in [0, 0.1) is 142 Å². The Morgan fingerprint density at radius 1 is 0.400 bits per heavy atom. The van der Waals surface area contributed by atoms with E-state index in [2.05, 4.69) is 318 Å². The smallest absolute Gasteiger partial charge is 0.0297 e. The average molecular weight is 1200 g/mol. The quantitative estimate of drug-likeness (QED) is 0.216. The fourth-order valence-electron chi connectivity index (χ4n) is 9.06. The van der Waals surface area contributed by atoms with Crippen LogP contribution in [0.5, 0.6) is 0 Å². The van der Waals surface area contributed by atoms with Gasteiger partial charge in [-0.15, -0.1) is 0 Å². The van der Waals surface area contributed by atoms with Crippen molar-refractivity contribution in [1.29, 1.82) is 0 Å². The second-order valence-electron chi connectivity index (χ2n) is 41.1. The number of hydrogen-bond acceptors (Lipinski definition) is 0. The fourth-order valence-corrected chi connectivity index (χ4v) is 9.06. The fraction of sp³-hybridized carbons (Fsp3) is 1.00. The van der Waals surface area contributed by atoms with Crippen LogP contribution in [0.15, 0.2) is 0 Å². The molecular weight excluding hydrogens is 1020 g/mol. The summed E-state index contributed by atoms with van der Waals surface area (Å²) in [4.78, 5) is 0. The largest absolute Gasteiger partial charge is 0.0651 e. The normalized spacial score (nSPS) is 23.2. The second-order valence-corrected chi connectivity index (χ2v) is 41.1. The Morgan fingerprint density at radius 2 is 0.706 bits per heavy atom. The minimum atomic E-state index is 0.437. The van der Waals surface area contributed by atoms with Gasteiger partial charge < -0.3 is 0 Å². The van der Waals surface area contributed by atoms with Crippen LogP contribution in [0.1, 0.15) is 408 Å². The molecule has 6 aliphatic rings. The summed E-state index contributed by atoms with van der Waals surface area (Å²) in [7, 11) is 0. The molecule has 0 aromatic heterocycles. The van der Waals surface area contributed by atoms with E-state index in [0.717, 1.165) is 76.4 Å². The van der Waals surface area contributed by atoms with Gasteiger partial charge in [-0.2, -0.15) is 0 Å². The van der Waals surface area contributed by atoms with Gasteiger partial charge in [0.1, 0.15) is 0 Å². The summed E-state index contributed by atoms with van der Waals surface area (Å²) in [6, 6.07) is 0. The van der Waals surface area contributed by atoms with Gasteiger partial charge in [-0.1, -0.05) is 344 Å². The Bertz CT molecular complexity index is 1500. The third kappa shape index (κ3) is 45.0. The van der Waals surface area contributed by atoms with Crippen molar-refractivity contribution in [2.75, 3.05) is 0 Å². The molecule has 0 aliphatic heterocycles. The molecule has 0 spiro atoms. The molecule has 0 nitrogen and oxygen atoms in total. The molecule has 6 rings (SSSR count). The molecule has 0 aromatic carbocycles. The van der Waals surface area contributed by atoms with Crippen LogP contribution in [0.25, 0.3) is 0 Å². The molecule has 6 atom stereocenters. The van der Waals surface area contributed by atoms with Crippen LogP contribution in [0.4, 0.5) is 0 Å². The van der Waals surface area contributed by atoms with E-state index in [0.29, 0.717) is 54.1 Å². The zero-order valence-corrected chi connectivity index (χ0v) is 69.5. The highest BCUT2D eigenvalue weighted by Gasteiger charge is 2.49. The highest BCUT2D eigenvalue weighted by Crippen LogP contribution is 2.60. The van der Waals surface area contributed by atoms with Crippen molar-refractivity contribution in [3.05, 3.63) is 0 Å².